The Morgan fingerprint density at radius 3 is 1.72 bits per heavy atom. The highest BCUT2D eigenvalue weighted by atomic mass is 16.6. The zero-order valence-electron chi connectivity index (χ0n) is 16.0. The Balaban J connectivity index is 0.000000166. The van der Waals surface area contributed by atoms with Gasteiger partial charge in [-0.1, -0.05) is 60.7 Å². The molecule has 0 unspecified atom stereocenters. The molecule has 0 atom stereocenters. The molecule has 0 amide bonds. The Labute approximate surface area is 169 Å². The lowest BCUT2D eigenvalue weighted by molar-refractivity contribution is -0.228. The van der Waals surface area contributed by atoms with Gasteiger partial charge < -0.3 is 24.1 Å². The fraction of sp³-hybridized carbons (Fsp3) is 0.364. The normalized spacial score (nSPS) is 18.2. The predicted octanol–water partition coefficient (Wildman–Crippen LogP) is 2.55. The summed E-state index contributed by atoms with van der Waals surface area (Å²) in [7, 11) is 0. The first-order valence-electron chi connectivity index (χ1n) is 9.23. The van der Waals surface area contributed by atoms with Gasteiger partial charge in [0.15, 0.2) is 0 Å². The van der Waals surface area contributed by atoms with E-state index in [1.54, 1.807) is 0 Å². The fourth-order valence-electron chi connectivity index (χ4n) is 2.62. The molecule has 2 heterocycles. The molecule has 0 saturated carbocycles. The fourth-order valence-corrected chi connectivity index (χ4v) is 2.62. The van der Waals surface area contributed by atoms with Gasteiger partial charge in [0, 0.05) is 0 Å². The summed E-state index contributed by atoms with van der Waals surface area (Å²) in [6.07, 6.45) is 0. The zero-order chi connectivity index (χ0) is 20.6. The van der Waals surface area contributed by atoms with Gasteiger partial charge in [0.25, 0.3) is 0 Å². The number of carboxylic acid groups (broad SMARTS) is 1. The van der Waals surface area contributed by atoms with Crippen molar-refractivity contribution in [2.45, 2.75) is 24.4 Å². The minimum atomic E-state index is -1.13. The third-order valence-electron chi connectivity index (χ3n) is 4.65. The summed E-state index contributed by atoms with van der Waals surface area (Å²) in [5, 5.41) is 17.8. The van der Waals surface area contributed by atoms with Crippen molar-refractivity contribution in [1.82, 2.24) is 0 Å². The standard InChI is InChI=1S/C11H11NO2.C11H12O4/c12-7-11(8-13-9-11)14-6-10-4-2-1-3-5-10;12-10(13)11(7-14-8-11)15-6-9-4-2-1-3-5-9/h1-5H,6,8-9H2;1-5H,6-8H2,(H,12,13). The number of hydrogen-bond acceptors (Lipinski definition) is 6. The monoisotopic (exact) mass is 397 g/mol. The maximum atomic E-state index is 10.9. The van der Waals surface area contributed by atoms with Crippen molar-refractivity contribution in [3.8, 4) is 6.07 Å². The van der Waals surface area contributed by atoms with Crippen molar-refractivity contribution in [2.75, 3.05) is 26.4 Å². The first kappa shape index (κ1) is 21.0. The van der Waals surface area contributed by atoms with Crippen molar-refractivity contribution in [3.05, 3.63) is 71.8 Å². The summed E-state index contributed by atoms with van der Waals surface area (Å²) >= 11 is 0. The third-order valence-corrected chi connectivity index (χ3v) is 4.65. The molecule has 29 heavy (non-hydrogen) atoms. The average Bonchev–Trinajstić information content (AvgIpc) is 2.69. The molecular weight excluding hydrogens is 374 g/mol. The molecular formula is C22H23NO6. The molecule has 2 aromatic rings. The maximum Gasteiger partial charge on any atom is 0.340 e. The molecule has 7 heteroatoms. The average molecular weight is 397 g/mol. The third kappa shape index (κ3) is 5.40. The quantitative estimate of drug-likeness (QED) is 0.767. The van der Waals surface area contributed by atoms with Crippen LogP contribution in [0.4, 0.5) is 0 Å². The first-order chi connectivity index (χ1) is 14.1. The van der Waals surface area contributed by atoms with E-state index in [4.69, 9.17) is 29.3 Å². The number of nitriles is 1. The Hall–Kier alpha value is -2.76. The number of aliphatic carboxylic acids is 1. The molecule has 7 nitrogen and oxygen atoms in total. The molecule has 1 N–H and O–H groups in total. The van der Waals surface area contributed by atoms with E-state index in [2.05, 4.69) is 6.07 Å². The zero-order valence-corrected chi connectivity index (χ0v) is 16.0. The molecule has 152 valence electrons. The van der Waals surface area contributed by atoms with Gasteiger partial charge in [0.2, 0.25) is 11.2 Å². The van der Waals surface area contributed by atoms with E-state index in [0.29, 0.717) is 26.4 Å². The van der Waals surface area contributed by atoms with Gasteiger partial charge in [-0.05, 0) is 11.1 Å². The summed E-state index contributed by atoms with van der Waals surface area (Å²) in [5.74, 6) is -0.954. The summed E-state index contributed by atoms with van der Waals surface area (Å²) in [4.78, 5) is 10.9. The number of benzene rings is 2. The SMILES string of the molecule is N#CC1(OCc2ccccc2)COC1.O=C(O)C1(OCc2ccccc2)COC1. The number of ether oxygens (including phenoxy) is 4. The first-order valence-corrected chi connectivity index (χ1v) is 9.23. The summed E-state index contributed by atoms with van der Waals surface area (Å²) in [6.45, 7) is 1.81. The smallest absolute Gasteiger partial charge is 0.340 e. The highest BCUT2D eigenvalue weighted by Gasteiger charge is 2.47. The second kappa shape index (κ2) is 9.63. The van der Waals surface area contributed by atoms with E-state index < -0.39 is 17.2 Å². The lowest BCUT2D eigenvalue weighted by Crippen LogP contribution is -2.57. The largest absolute Gasteiger partial charge is 0.479 e. The molecule has 0 radical (unpaired) electrons. The van der Waals surface area contributed by atoms with Crippen LogP contribution in [-0.2, 0) is 37.0 Å². The molecule has 2 aromatic carbocycles. The van der Waals surface area contributed by atoms with Crippen LogP contribution in [0.1, 0.15) is 11.1 Å². The Bertz CT molecular complexity index is 825. The van der Waals surface area contributed by atoms with E-state index >= 15 is 0 Å². The predicted molar refractivity (Wildman–Crippen MR) is 103 cm³/mol. The van der Waals surface area contributed by atoms with Crippen molar-refractivity contribution in [3.63, 3.8) is 0 Å². The van der Waals surface area contributed by atoms with Crippen LogP contribution in [0.2, 0.25) is 0 Å². The Kier molecular flexibility index (Phi) is 6.96. The van der Waals surface area contributed by atoms with Gasteiger partial charge in [-0.25, -0.2) is 4.79 Å². The number of rotatable bonds is 7. The van der Waals surface area contributed by atoms with E-state index in [9.17, 15) is 4.79 Å². The molecule has 2 aliphatic rings. The van der Waals surface area contributed by atoms with E-state index in [-0.39, 0.29) is 13.2 Å². The molecule has 4 rings (SSSR count). The topological polar surface area (TPSA) is 98.0 Å². The lowest BCUT2D eigenvalue weighted by Gasteiger charge is -2.36. The van der Waals surface area contributed by atoms with E-state index in [1.807, 2.05) is 60.7 Å². The van der Waals surface area contributed by atoms with Gasteiger partial charge in [-0.2, -0.15) is 5.26 Å². The molecule has 0 aliphatic carbocycles. The van der Waals surface area contributed by atoms with Gasteiger partial charge in [-0.3, -0.25) is 0 Å². The van der Waals surface area contributed by atoms with Crippen LogP contribution in [-0.4, -0.2) is 48.7 Å². The number of nitrogens with zero attached hydrogens (tertiary/aromatic N) is 1. The summed E-state index contributed by atoms with van der Waals surface area (Å²) in [5.41, 5.74) is 0.213. The molecule has 0 aromatic heterocycles. The number of carbonyl (C=O) groups is 1. The Morgan fingerprint density at radius 1 is 0.897 bits per heavy atom. The van der Waals surface area contributed by atoms with Crippen LogP contribution >= 0.6 is 0 Å². The van der Waals surface area contributed by atoms with Gasteiger partial charge in [0.1, 0.15) is 6.07 Å². The second-order valence-corrected chi connectivity index (χ2v) is 6.94. The van der Waals surface area contributed by atoms with Crippen molar-refractivity contribution < 1.29 is 28.8 Å². The van der Waals surface area contributed by atoms with Crippen LogP contribution in [0, 0.1) is 11.3 Å². The minimum Gasteiger partial charge on any atom is -0.479 e. The van der Waals surface area contributed by atoms with Crippen LogP contribution in [0.3, 0.4) is 0 Å². The molecule has 2 saturated heterocycles. The van der Waals surface area contributed by atoms with Gasteiger partial charge in [-0.15, -0.1) is 0 Å². The van der Waals surface area contributed by atoms with E-state index in [0.717, 1.165) is 11.1 Å². The summed E-state index contributed by atoms with van der Waals surface area (Å²) < 4.78 is 20.8. The second-order valence-electron chi connectivity index (χ2n) is 6.94. The van der Waals surface area contributed by atoms with Crippen molar-refractivity contribution in [1.29, 1.82) is 5.26 Å². The Morgan fingerprint density at radius 2 is 1.38 bits per heavy atom. The van der Waals surface area contributed by atoms with Crippen LogP contribution in [0.15, 0.2) is 60.7 Å². The molecule has 0 bridgehead atoms. The lowest BCUT2D eigenvalue weighted by atomic mass is 10.0. The minimum absolute atomic E-state index is 0.134. The molecule has 2 aliphatic heterocycles. The molecule has 2 fully saturated rings. The number of hydrogen-bond donors (Lipinski definition) is 1. The van der Waals surface area contributed by atoms with Crippen LogP contribution < -0.4 is 0 Å². The van der Waals surface area contributed by atoms with Crippen molar-refractivity contribution in [2.24, 2.45) is 0 Å². The van der Waals surface area contributed by atoms with Gasteiger partial charge >= 0.3 is 5.97 Å². The van der Waals surface area contributed by atoms with Crippen molar-refractivity contribution >= 4 is 5.97 Å². The van der Waals surface area contributed by atoms with E-state index in [1.165, 1.54) is 0 Å². The number of carboxylic acids is 1. The maximum absolute atomic E-state index is 10.9. The van der Waals surface area contributed by atoms with Crippen LogP contribution in [0.25, 0.3) is 0 Å². The van der Waals surface area contributed by atoms with Gasteiger partial charge in [0.05, 0.1) is 39.6 Å². The molecule has 0 spiro atoms. The van der Waals surface area contributed by atoms with Crippen LogP contribution in [0.5, 0.6) is 0 Å². The summed E-state index contributed by atoms with van der Waals surface area (Å²) in [6, 6.07) is 21.4. The highest BCUT2D eigenvalue weighted by molar-refractivity contribution is 5.78. The highest BCUT2D eigenvalue weighted by Crippen LogP contribution is 2.24.